The van der Waals surface area contributed by atoms with Crippen molar-refractivity contribution in [3.8, 4) is 11.5 Å². The number of benzene rings is 6. The normalized spacial score (nSPS) is 19.9. The SMILES string of the molecule is CCOc1ccc(Cc2cc(C3OC(COCc4ccccc4)C(OCc4ccccc4)C(OCc4ccccc4)C3OCc3ccccc3)c3c(c2Cl)OCC3)cc1. The van der Waals surface area contributed by atoms with Crippen molar-refractivity contribution in [1.29, 1.82) is 0 Å². The van der Waals surface area contributed by atoms with E-state index in [0.29, 0.717) is 63.3 Å². The van der Waals surface area contributed by atoms with Crippen molar-refractivity contribution in [3.63, 3.8) is 0 Å². The van der Waals surface area contributed by atoms with Crippen LogP contribution in [-0.2, 0) is 63.0 Å². The van der Waals surface area contributed by atoms with Crippen LogP contribution < -0.4 is 9.47 Å². The lowest BCUT2D eigenvalue weighted by atomic mass is 9.86. The molecule has 0 amide bonds. The molecule has 0 N–H and O–H groups in total. The van der Waals surface area contributed by atoms with Crippen LogP contribution in [0.25, 0.3) is 0 Å². The lowest BCUT2D eigenvalue weighted by molar-refractivity contribution is -0.275. The Morgan fingerprint density at radius 3 is 1.68 bits per heavy atom. The molecule has 2 heterocycles. The molecule has 0 aromatic heterocycles. The minimum atomic E-state index is -0.589. The Morgan fingerprint density at radius 2 is 1.12 bits per heavy atom. The Labute approximate surface area is 352 Å². The van der Waals surface area contributed by atoms with E-state index >= 15 is 0 Å². The number of rotatable bonds is 18. The zero-order valence-corrected chi connectivity index (χ0v) is 34.2. The van der Waals surface area contributed by atoms with Gasteiger partial charge in [-0.05, 0) is 64.4 Å². The summed E-state index contributed by atoms with van der Waals surface area (Å²) in [6.45, 7) is 4.89. The smallest absolute Gasteiger partial charge is 0.141 e. The van der Waals surface area contributed by atoms with E-state index < -0.39 is 30.5 Å². The van der Waals surface area contributed by atoms with E-state index in [1.807, 2.05) is 91.9 Å². The van der Waals surface area contributed by atoms with Gasteiger partial charge in [-0.3, -0.25) is 0 Å². The lowest BCUT2D eigenvalue weighted by Crippen LogP contribution is -2.58. The van der Waals surface area contributed by atoms with Crippen LogP contribution in [0.15, 0.2) is 152 Å². The Balaban J connectivity index is 1.20. The Hall–Kier alpha value is -4.99. The summed E-state index contributed by atoms with van der Waals surface area (Å²) in [6, 6.07) is 51.2. The minimum Gasteiger partial charge on any atom is -0.494 e. The van der Waals surface area contributed by atoms with Gasteiger partial charge >= 0.3 is 0 Å². The molecule has 8 heteroatoms. The van der Waals surface area contributed by atoms with Crippen LogP contribution in [-0.4, -0.2) is 44.2 Å². The second-order valence-corrected chi connectivity index (χ2v) is 15.4. The van der Waals surface area contributed by atoms with E-state index in [9.17, 15) is 0 Å². The van der Waals surface area contributed by atoms with Crippen LogP contribution in [0, 0.1) is 0 Å². The van der Waals surface area contributed by atoms with Gasteiger partial charge in [-0.2, -0.15) is 0 Å². The lowest BCUT2D eigenvalue weighted by Gasteiger charge is -2.47. The van der Waals surface area contributed by atoms with Crippen LogP contribution in [0.2, 0.25) is 5.02 Å². The molecule has 59 heavy (non-hydrogen) atoms. The predicted octanol–water partition coefficient (Wildman–Crippen LogP) is 10.7. The van der Waals surface area contributed by atoms with Gasteiger partial charge in [0.1, 0.15) is 42.0 Å². The fourth-order valence-electron chi connectivity index (χ4n) is 7.92. The summed E-state index contributed by atoms with van der Waals surface area (Å²) in [5, 5.41) is 0.622. The topological polar surface area (TPSA) is 64.6 Å². The molecule has 5 atom stereocenters. The first-order chi connectivity index (χ1) is 29.1. The molecule has 0 aliphatic carbocycles. The first-order valence-corrected chi connectivity index (χ1v) is 20.9. The summed E-state index contributed by atoms with van der Waals surface area (Å²) in [7, 11) is 0. The van der Waals surface area contributed by atoms with E-state index in [-0.39, 0.29) is 6.61 Å². The first kappa shape index (κ1) is 40.8. The largest absolute Gasteiger partial charge is 0.494 e. The maximum atomic E-state index is 7.34. The summed E-state index contributed by atoms with van der Waals surface area (Å²) in [5.74, 6) is 1.54. The molecule has 0 saturated carbocycles. The van der Waals surface area contributed by atoms with Crippen molar-refractivity contribution in [2.45, 2.75) is 76.7 Å². The number of hydrogen-bond acceptors (Lipinski definition) is 7. The van der Waals surface area contributed by atoms with Crippen LogP contribution >= 0.6 is 11.6 Å². The van der Waals surface area contributed by atoms with E-state index in [1.165, 1.54) is 0 Å². The molecular formula is C51H51ClO7. The monoisotopic (exact) mass is 810 g/mol. The van der Waals surface area contributed by atoms with Crippen molar-refractivity contribution in [3.05, 3.63) is 201 Å². The maximum absolute atomic E-state index is 7.34. The molecule has 2 aliphatic heterocycles. The average Bonchev–Trinajstić information content (AvgIpc) is 3.79. The van der Waals surface area contributed by atoms with Gasteiger partial charge in [0.2, 0.25) is 0 Å². The summed E-state index contributed by atoms with van der Waals surface area (Å²) in [4.78, 5) is 0. The molecule has 0 radical (unpaired) electrons. The minimum absolute atomic E-state index is 0.271. The van der Waals surface area contributed by atoms with Crippen molar-refractivity contribution in [2.24, 2.45) is 0 Å². The van der Waals surface area contributed by atoms with Crippen LogP contribution in [0.5, 0.6) is 11.5 Å². The molecule has 5 unspecified atom stereocenters. The maximum Gasteiger partial charge on any atom is 0.141 e. The average molecular weight is 811 g/mol. The number of halogens is 1. The van der Waals surface area contributed by atoms with Crippen LogP contribution in [0.4, 0.5) is 0 Å². The quantitative estimate of drug-likeness (QED) is 0.0857. The summed E-state index contributed by atoms with van der Waals surface area (Å²) < 4.78 is 46.9. The third-order valence-electron chi connectivity index (χ3n) is 10.9. The van der Waals surface area contributed by atoms with Gasteiger partial charge in [-0.25, -0.2) is 0 Å². The highest BCUT2D eigenvalue weighted by molar-refractivity contribution is 6.33. The molecular weight excluding hydrogens is 760 g/mol. The van der Waals surface area contributed by atoms with Gasteiger partial charge in [0.15, 0.2) is 0 Å². The van der Waals surface area contributed by atoms with E-state index in [0.717, 1.165) is 50.3 Å². The third kappa shape index (κ3) is 10.4. The Kier molecular flexibility index (Phi) is 14.0. The molecule has 6 aromatic rings. The predicted molar refractivity (Wildman–Crippen MR) is 230 cm³/mol. The van der Waals surface area contributed by atoms with E-state index in [1.54, 1.807) is 0 Å². The third-order valence-corrected chi connectivity index (χ3v) is 11.3. The van der Waals surface area contributed by atoms with Crippen LogP contribution in [0.3, 0.4) is 0 Å². The molecule has 8 rings (SSSR count). The van der Waals surface area contributed by atoms with Crippen LogP contribution in [0.1, 0.15) is 57.5 Å². The van der Waals surface area contributed by atoms with E-state index in [4.69, 9.17) is 44.8 Å². The molecule has 1 fully saturated rings. The van der Waals surface area contributed by atoms with Gasteiger partial charge in [0.05, 0.1) is 51.3 Å². The second kappa shape index (κ2) is 20.3. The van der Waals surface area contributed by atoms with E-state index in [2.05, 4.69) is 66.7 Å². The van der Waals surface area contributed by atoms with Crippen molar-refractivity contribution in [1.82, 2.24) is 0 Å². The molecule has 1 saturated heterocycles. The second-order valence-electron chi connectivity index (χ2n) is 15.0. The summed E-state index contributed by atoms with van der Waals surface area (Å²) in [6.07, 6.45) is -1.51. The zero-order valence-electron chi connectivity index (χ0n) is 33.4. The number of ether oxygens (including phenoxy) is 7. The van der Waals surface area contributed by atoms with Gasteiger partial charge in [-0.1, -0.05) is 151 Å². The first-order valence-electron chi connectivity index (χ1n) is 20.6. The number of fused-ring (bicyclic) bond motifs is 1. The van der Waals surface area contributed by atoms with Gasteiger partial charge in [-0.15, -0.1) is 0 Å². The highest BCUT2D eigenvalue weighted by Gasteiger charge is 2.50. The Morgan fingerprint density at radius 1 is 0.593 bits per heavy atom. The van der Waals surface area contributed by atoms with Crippen molar-refractivity contribution < 1.29 is 33.2 Å². The number of hydrogen-bond donors (Lipinski definition) is 0. The summed E-state index contributed by atoms with van der Waals surface area (Å²) >= 11 is 7.21. The van der Waals surface area contributed by atoms with Crippen molar-refractivity contribution >= 4 is 11.6 Å². The summed E-state index contributed by atoms with van der Waals surface area (Å²) in [5.41, 5.74) is 8.27. The highest BCUT2D eigenvalue weighted by Crippen LogP contribution is 2.46. The molecule has 0 spiro atoms. The molecule has 304 valence electrons. The standard InChI is InChI=1S/C51H51ClO7/c1-2-54-42-25-23-36(24-26-42)29-41-30-44(43-27-28-55-47(43)46(41)52)48-50(57-33-39-19-11-5-12-20-39)51(58-34-40-21-13-6-14-22-40)49(56-32-38-17-9-4-10-18-38)45(59-48)35-53-31-37-15-7-3-8-16-37/h3-26,30,45,48-51H,2,27-29,31-35H2,1H3. The van der Waals surface area contributed by atoms with Crippen molar-refractivity contribution in [2.75, 3.05) is 19.8 Å². The molecule has 0 bridgehead atoms. The van der Waals surface area contributed by atoms with Gasteiger partial charge in [0, 0.05) is 12.0 Å². The molecule has 6 aromatic carbocycles. The highest BCUT2D eigenvalue weighted by atomic mass is 35.5. The van der Waals surface area contributed by atoms with Gasteiger partial charge < -0.3 is 33.2 Å². The van der Waals surface area contributed by atoms with Gasteiger partial charge in [0.25, 0.3) is 0 Å². The molecule has 7 nitrogen and oxygen atoms in total. The molecule has 2 aliphatic rings. The fraction of sp³-hybridized carbons (Fsp3) is 0.294. The fourth-order valence-corrected chi connectivity index (χ4v) is 8.21. The Bertz CT molecular complexity index is 2190. The zero-order chi connectivity index (χ0) is 40.2.